The Morgan fingerprint density at radius 1 is 0.349 bits per heavy atom. The predicted octanol–water partition coefficient (Wildman–Crippen LogP) is 17.2. The van der Waals surface area contributed by atoms with Crippen molar-refractivity contribution in [3.63, 3.8) is 0 Å². The van der Waals surface area contributed by atoms with Gasteiger partial charge in [0.1, 0.15) is 11.2 Å². The molecule has 0 unspecified atom stereocenters. The number of para-hydroxylation sites is 2. The highest BCUT2D eigenvalue weighted by Gasteiger charge is 2.37. The smallest absolute Gasteiger partial charge is 0.143 e. The molecule has 1 heterocycles. The monoisotopic (exact) mass is 805 g/mol. The SMILES string of the molecule is CC1(C)c2ccccc2-c2cccc(-c3ccc(N(c4ccc(-c5cccc6c5oc5ccccc56)cc4)c4cccc(-c5cccc(-c6cccc7ccccc67)c5)c4)cc3)c21. The van der Waals surface area contributed by atoms with Gasteiger partial charge in [-0.3, -0.25) is 0 Å². The van der Waals surface area contributed by atoms with Crippen molar-refractivity contribution in [2.24, 2.45) is 0 Å². The Hall–Kier alpha value is -7.94. The Balaban J connectivity index is 0.961. The first-order valence-corrected chi connectivity index (χ1v) is 21.8. The van der Waals surface area contributed by atoms with E-state index < -0.39 is 0 Å². The summed E-state index contributed by atoms with van der Waals surface area (Å²) in [6.07, 6.45) is 0. The fraction of sp³-hybridized carbons (Fsp3) is 0.0492. The van der Waals surface area contributed by atoms with Gasteiger partial charge in [0, 0.05) is 38.8 Å². The topological polar surface area (TPSA) is 16.4 Å². The number of benzene rings is 10. The third kappa shape index (κ3) is 6.09. The maximum atomic E-state index is 6.46. The molecule has 1 aromatic heterocycles. The molecule has 11 aromatic rings. The average molecular weight is 806 g/mol. The highest BCUT2D eigenvalue weighted by atomic mass is 16.3. The molecule has 0 aliphatic heterocycles. The molecule has 0 radical (unpaired) electrons. The van der Waals surface area contributed by atoms with E-state index in [0.717, 1.165) is 55.7 Å². The van der Waals surface area contributed by atoms with E-state index in [4.69, 9.17) is 4.42 Å². The molecule has 2 nitrogen and oxygen atoms in total. The Labute approximate surface area is 368 Å². The zero-order valence-corrected chi connectivity index (χ0v) is 35.2. The molecule has 1 aliphatic carbocycles. The van der Waals surface area contributed by atoms with Gasteiger partial charge < -0.3 is 9.32 Å². The number of hydrogen-bond donors (Lipinski definition) is 0. The van der Waals surface area contributed by atoms with E-state index in [0.29, 0.717) is 0 Å². The van der Waals surface area contributed by atoms with Crippen LogP contribution in [0.3, 0.4) is 0 Å². The van der Waals surface area contributed by atoms with Gasteiger partial charge in [-0.15, -0.1) is 0 Å². The van der Waals surface area contributed by atoms with Crippen molar-refractivity contribution in [2.45, 2.75) is 19.3 Å². The third-order valence-corrected chi connectivity index (χ3v) is 13.3. The summed E-state index contributed by atoms with van der Waals surface area (Å²) in [5.74, 6) is 0. The van der Waals surface area contributed by atoms with Gasteiger partial charge in [-0.2, -0.15) is 0 Å². The molecule has 0 saturated heterocycles. The Morgan fingerprint density at radius 2 is 0.889 bits per heavy atom. The van der Waals surface area contributed by atoms with Gasteiger partial charge in [0.05, 0.1) is 0 Å². The van der Waals surface area contributed by atoms with E-state index in [1.807, 2.05) is 12.1 Å². The number of hydrogen-bond acceptors (Lipinski definition) is 2. The molecule has 0 spiro atoms. The van der Waals surface area contributed by atoms with Crippen LogP contribution in [0.5, 0.6) is 0 Å². The summed E-state index contributed by atoms with van der Waals surface area (Å²) in [5, 5.41) is 4.77. The van der Waals surface area contributed by atoms with Crippen LogP contribution in [0.1, 0.15) is 25.0 Å². The van der Waals surface area contributed by atoms with Crippen LogP contribution in [-0.2, 0) is 5.41 Å². The van der Waals surface area contributed by atoms with Crippen LogP contribution in [0.15, 0.2) is 229 Å². The summed E-state index contributed by atoms with van der Waals surface area (Å²) < 4.78 is 6.46. The summed E-state index contributed by atoms with van der Waals surface area (Å²) >= 11 is 0. The molecule has 0 saturated carbocycles. The molecule has 63 heavy (non-hydrogen) atoms. The van der Waals surface area contributed by atoms with Crippen molar-refractivity contribution >= 4 is 49.8 Å². The van der Waals surface area contributed by atoms with Crippen LogP contribution < -0.4 is 4.90 Å². The highest BCUT2D eigenvalue weighted by Crippen LogP contribution is 2.52. The van der Waals surface area contributed by atoms with E-state index in [9.17, 15) is 0 Å². The Bertz CT molecular complexity index is 3530. The van der Waals surface area contributed by atoms with E-state index in [-0.39, 0.29) is 5.41 Å². The van der Waals surface area contributed by atoms with Crippen molar-refractivity contribution in [3.05, 3.63) is 236 Å². The molecule has 0 N–H and O–H groups in total. The molecule has 2 heteroatoms. The quantitative estimate of drug-likeness (QED) is 0.160. The van der Waals surface area contributed by atoms with Crippen LogP contribution >= 0.6 is 0 Å². The summed E-state index contributed by atoms with van der Waals surface area (Å²) in [4.78, 5) is 2.38. The number of rotatable bonds is 7. The van der Waals surface area contributed by atoms with E-state index in [1.54, 1.807) is 0 Å². The molecular formula is C61H43NO. The second-order valence-electron chi connectivity index (χ2n) is 17.3. The second-order valence-corrected chi connectivity index (χ2v) is 17.3. The molecular weight excluding hydrogens is 763 g/mol. The van der Waals surface area contributed by atoms with Crippen LogP contribution in [0, 0.1) is 0 Å². The first-order valence-electron chi connectivity index (χ1n) is 21.8. The molecule has 298 valence electrons. The fourth-order valence-electron chi connectivity index (χ4n) is 10.3. The van der Waals surface area contributed by atoms with Crippen LogP contribution in [0.4, 0.5) is 17.1 Å². The normalized spacial score (nSPS) is 12.7. The van der Waals surface area contributed by atoms with Crippen LogP contribution in [-0.4, -0.2) is 0 Å². The molecule has 0 bridgehead atoms. The van der Waals surface area contributed by atoms with Crippen molar-refractivity contribution in [1.29, 1.82) is 0 Å². The summed E-state index contributed by atoms with van der Waals surface area (Å²) in [6.45, 7) is 4.72. The zero-order valence-electron chi connectivity index (χ0n) is 35.2. The first kappa shape index (κ1) is 36.9. The number of nitrogens with zero attached hydrogens (tertiary/aromatic N) is 1. The number of fused-ring (bicyclic) bond motifs is 7. The van der Waals surface area contributed by atoms with Gasteiger partial charge in [0.2, 0.25) is 0 Å². The summed E-state index contributed by atoms with van der Waals surface area (Å²) in [5.41, 5.74) is 19.9. The van der Waals surface area contributed by atoms with Crippen molar-refractivity contribution in [1.82, 2.24) is 0 Å². The van der Waals surface area contributed by atoms with Gasteiger partial charge in [0.15, 0.2) is 0 Å². The Morgan fingerprint density at radius 3 is 1.71 bits per heavy atom. The predicted molar refractivity (Wildman–Crippen MR) is 265 cm³/mol. The first-order chi connectivity index (χ1) is 31.0. The van der Waals surface area contributed by atoms with Crippen LogP contribution in [0.25, 0.3) is 88.3 Å². The van der Waals surface area contributed by atoms with Crippen molar-refractivity contribution < 1.29 is 4.42 Å². The minimum atomic E-state index is -0.104. The average Bonchev–Trinajstić information content (AvgIpc) is 3.84. The third-order valence-electron chi connectivity index (χ3n) is 13.3. The number of furan rings is 1. The van der Waals surface area contributed by atoms with E-state index in [2.05, 4.69) is 231 Å². The molecule has 0 amide bonds. The van der Waals surface area contributed by atoms with Crippen molar-refractivity contribution in [2.75, 3.05) is 4.90 Å². The molecule has 0 atom stereocenters. The van der Waals surface area contributed by atoms with Gasteiger partial charge in [0.25, 0.3) is 0 Å². The summed E-state index contributed by atoms with van der Waals surface area (Å²) in [6, 6.07) is 81.5. The van der Waals surface area contributed by atoms with Gasteiger partial charge in [-0.05, 0) is 121 Å². The lowest BCUT2D eigenvalue weighted by molar-refractivity contribution is 0.662. The maximum absolute atomic E-state index is 6.46. The minimum Gasteiger partial charge on any atom is -0.455 e. The molecule has 12 rings (SSSR count). The zero-order chi connectivity index (χ0) is 42.1. The molecule has 0 fully saturated rings. The van der Waals surface area contributed by atoms with E-state index >= 15 is 0 Å². The van der Waals surface area contributed by atoms with E-state index in [1.165, 1.54) is 60.8 Å². The fourth-order valence-corrected chi connectivity index (χ4v) is 10.3. The van der Waals surface area contributed by atoms with Crippen molar-refractivity contribution in [3.8, 4) is 55.6 Å². The highest BCUT2D eigenvalue weighted by molar-refractivity contribution is 6.09. The van der Waals surface area contributed by atoms with Crippen LogP contribution in [0.2, 0.25) is 0 Å². The van der Waals surface area contributed by atoms with Gasteiger partial charge in [-0.1, -0.05) is 190 Å². The lowest BCUT2D eigenvalue weighted by atomic mass is 9.79. The maximum Gasteiger partial charge on any atom is 0.143 e. The summed E-state index contributed by atoms with van der Waals surface area (Å²) in [7, 11) is 0. The van der Waals surface area contributed by atoms with Gasteiger partial charge >= 0.3 is 0 Å². The second kappa shape index (κ2) is 14.6. The standard InChI is InChI=1S/C61H43NO/c1-61(2)57-28-7-5-21-53(57)55-26-12-24-51(59(55)61)41-30-34-46(35-31-41)62(47-36-32-42(33-37-47)52-25-13-27-56-54-22-6-8-29-58(54)63-60(52)56)48-19-10-17-44(39-48)43-16-9-18-45(38-43)50-23-11-15-40-14-3-4-20-49(40)50/h3-39H,1-2H3. The largest absolute Gasteiger partial charge is 0.455 e. The Kier molecular flexibility index (Phi) is 8.55. The lowest BCUT2D eigenvalue weighted by Gasteiger charge is -2.27. The lowest BCUT2D eigenvalue weighted by Crippen LogP contribution is -2.16. The number of anilines is 3. The molecule has 1 aliphatic rings. The van der Waals surface area contributed by atoms with Gasteiger partial charge in [-0.25, -0.2) is 0 Å². The minimum absolute atomic E-state index is 0.104. The molecule has 10 aromatic carbocycles.